The van der Waals surface area contributed by atoms with Gasteiger partial charge in [-0.3, -0.25) is 4.57 Å². The van der Waals surface area contributed by atoms with Gasteiger partial charge in [0, 0.05) is 19.8 Å². The Hall–Kier alpha value is -2.63. The molecule has 0 radical (unpaired) electrons. The molecular weight excluding hydrogens is 358 g/mol. The van der Waals surface area contributed by atoms with Crippen LogP contribution in [0.25, 0.3) is 16.3 Å². The summed E-state index contributed by atoms with van der Waals surface area (Å²) in [6.45, 7) is 0. The van der Waals surface area contributed by atoms with Crippen molar-refractivity contribution in [3.8, 4) is 16.3 Å². The average molecular weight is 378 g/mol. The fraction of sp³-hybridized carbons (Fsp3) is 0.0952. The maximum Gasteiger partial charge on any atom is 0.197 e. The summed E-state index contributed by atoms with van der Waals surface area (Å²) in [5.41, 5.74) is 3.27. The Bertz CT molecular complexity index is 1040. The molecule has 2 aromatic heterocycles. The molecule has 26 heavy (non-hydrogen) atoms. The zero-order valence-corrected chi connectivity index (χ0v) is 16.3. The third-order valence-corrected chi connectivity index (χ3v) is 6.05. The van der Waals surface area contributed by atoms with Crippen LogP contribution in [0.1, 0.15) is 0 Å². The lowest BCUT2D eigenvalue weighted by Crippen LogP contribution is -2.13. The third kappa shape index (κ3) is 3.23. The highest BCUT2D eigenvalue weighted by molar-refractivity contribution is 7.16. The summed E-state index contributed by atoms with van der Waals surface area (Å²) in [7, 11) is 4.18. The van der Waals surface area contributed by atoms with E-state index in [1.165, 1.54) is 15.6 Å². The number of rotatable bonds is 4. The van der Waals surface area contributed by atoms with Gasteiger partial charge in [0.2, 0.25) is 0 Å². The molecule has 0 amide bonds. The van der Waals surface area contributed by atoms with Crippen molar-refractivity contribution in [2.45, 2.75) is 0 Å². The van der Waals surface area contributed by atoms with Gasteiger partial charge < -0.3 is 4.90 Å². The molecule has 2 heterocycles. The second-order valence-electron chi connectivity index (χ2n) is 6.03. The average Bonchev–Trinajstić information content (AvgIpc) is 3.31. The number of nitrogens with zero attached hydrogens (tertiary/aromatic N) is 3. The number of thiophene rings is 1. The van der Waals surface area contributed by atoms with E-state index >= 15 is 0 Å². The van der Waals surface area contributed by atoms with Gasteiger partial charge in [0.25, 0.3) is 0 Å². The van der Waals surface area contributed by atoms with Gasteiger partial charge in [-0.1, -0.05) is 53.8 Å². The fourth-order valence-corrected chi connectivity index (χ4v) is 4.72. The highest BCUT2D eigenvalue weighted by Crippen LogP contribution is 2.37. The number of anilines is 1. The fourth-order valence-electron chi connectivity index (χ4n) is 2.81. The van der Waals surface area contributed by atoms with Crippen LogP contribution < -0.4 is 9.70 Å². The van der Waals surface area contributed by atoms with Crippen LogP contribution in [-0.2, 0) is 0 Å². The molecule has 0 aliphatic rings. The standard InChI is InChI=1S/C21H19N3S2/c1-23(2)20-19(18-14-9-15-25-18)24(17-12-7-4-8-13-17)21(26-20)22-16-10-5-3-6-11-16/h3-15H,1-2H3. The summed E-state index contributed by atoms with van der Waals surface area (Å²) in [6.07, 6.45) is 0. The van der Waals surface area contributed by atoms with Crippen molar-refractivity contribution in [1.82, 2.24) is 4.57 Å². The van der Waals surface area contributed by atoms with Gasteiger partial charge in [-0.15, -0.1) is 11.3 Å². The molecule has 0 fully saturated rings. The van der Waals surface area contributed by atoms with Crippen molar-refractivity contribution in [2.24, 2.45) is 4.99 Å². The molecule has 0 unspecified atom stereocenters. The topological polar surface area (TPSA) is 20.5 Å². The van der Waals surface area contributed by atoms with E-state index in [1.807, 2.05) is 36.4 Å². The molecule has 3 nitrogen and oxygen atoms in total. The number of hydrogen-bond acceptors (Lipinski definition) is 4. The number of para-hydroxylation sites is 2. The zero-order valence-electron chi connectivity index (χ0n) is 14.7. The van der Waals surface area contributed by atoms with E-state index in [2.05, 4.69) is 65.3 Å². The second-order valence-corrected chi connectivity index (χ2v) is 7.93. The zero-order chi connectivity index (χ0) is 17.9. The first-order valence-corrected chi connectivity index (χ1v) is 10.1. The Morgan fingerprint density at radius 1 is 0.846 bits per heavy atom. The lowest BCUT2D eigenvalue weighted by Gasteiger charge is -2.14. The number of aromatic nitrogens is 1. The maximum atomic E-state index is 4.95. The van der Waals surface area contributed by atoms with Gasteiger partial charge in [0.05, 0.1) is 16.3 Å². The van der Waals surface area contributed by atoms with E-state index < -0.39 is 0 Å². The first kappa shape index (κ1) is 16.8. The van der Waals surface area contributed by atoms with E-state index in [-0.39, 0.29) is 0 Å². The molecule has 4 aromatic rings. The first-order chi connectivity index (χ1) is 12.7. The molecule has 4 rings (SSSR count). The van der Waals surface area contributed by atoms with Gasteiger partial charge >= 0.3 is 0 Å². The highest BCUT2D eigenvalue weighted by Gasteiger charge is 2.19. The molecule has 0 atom stereocenters. The molecule has 5 heteroatoms. The van der Waals surface area contributed by atoms with Crippen molar-refractivity contribution in [2.75, 3.05) is 19.0 Å². The van der Waals surface area contributed by atoms with Crippen molar-refractivity contribution >= 4 is 33.4 Å². The summed E-state index contributed by atoms with van der Waals surface area (Å²) in [4.78, 5) is 9.33. The normalized spacial score (nSPS) is 11.7. The summed E-state index contributed by atoms with van der Waals surface area (Å²) < 4.78 is 2.26. The van der Waals surface area contributed by atoms with Gasteiger partial charge in [0.15, 0.2) is 4.80 Å². The largest absolute Gasteiger partial charge is 0.368 e. The van der Waals surface area contributed by atoms with E-state index in [1.54, 1.807) is 22.7 Å². The lowest BCUT2D eigenvalue weighted by atomic mass is 10.3. The van der Waals surface area contributed by atoms with Crippen LogP contribution in [0.15, 0.2) is 83.2 Å². The van der Waals surface area contributed by atoms with Gasteiger partial charge in [0.1, 0.15) is 5.00 Å². The van der Waals surface area contributed by atoms with Gasteiger partial charge in [-0.05, 0) is 35.7 Å². The summed E-state index contributed by atoms with van der Waals surface area (Å²) in [6, 6.07) is 24.8. The molecule has 0 spiro atoms. The van der Waals surface area contributed by atoms with Crippen LogP contribution in [0, 0.1) is 0 Å². The Morgan fingerprint density at radius 2 is 1.54 bits per heavy atom. The van der Waals surface area contributed by atoms with Gasteiger partial charge in [-0.25, -0.2) is 4.99 Å². The molecule has 2 aromatic carbocycles. The molecule has 130 valence electrons. The molecule has 0 aliphatic carbocycles. The molecule has 0 aliphatic heterocycles. The van der Waals surface area contributed by atoms with Crippen molar-refractivity contribution in [1.29, 1.82) is 0 Å². The Balaban J connectivity index is 2.06. The summed E-state index contributed by atoms with van der Waals surface area (Å²) in [5.74, 6) is 0. The van der Waals surface area contributed by atoms with Crippen LogP contribution in [0.3, 0.4) is 0 Å². The quantitative estimate of drug-likeness (QED) is 0.456. The lowest BCUT2D eigenvalue weighted by molar-refractivity contribution is 1.01. The van der Waals surface area contributed by atoms with Crippen LogP contribution in [0.4, 0.5) is 10.7 Å². The van der Waals surface area contributed by atoms with E-state index in [9.17, 15) is 0 Å². The van der Waals surface area contributed by atoms with E-state index in [0.717, 1.165) is 16.2 Å². The Morgan fingerprint density at radius 3 is 2.15 bits per heavy atom. The third-order valence-electron chi connectivity index (χ3n) is 3.96. The number of thiazole rings is 1. The monoisotopic (exact) mass is 377 g/mol. The van der Waals surface area contributed by atoms with Crippen LogP contribution in [-0.4, -0.2) is 18.7 Å². The minimum absolute atomic E-state index is 0.960. The molecular formula is C21H19N3S2. The molecule has 0 bridgehead atoms. The van der Waals surface area contributed by atoms with E-state index in [0.29, 0.717) is 0 Å². The van der Waals surface area contributed by atoms with Crippen LogP contribution in [0.2, 0.25) is 0 Å². The van der Waals surface area contributed by atoms with Crippen molar-refractivity contribution in [3.05, 3.63) is 83.0 Å². The molecule has 0 saturated carbocycles. The first-order valence-electron chi connectivity index (χ1n) is 8.36. The number of hydrogen-bond donors (Lipinski definition) is 0. The van der Waals surface area contributed by atoms with Crippen LogP contribution in [0.5, 0.6) is 0 Å². The van der Waals surface area contributed by atoms with E-state index in [4.69, 9.17) is 4.99 Å². The Kier molecular flexibility index (Phi) is 4.73. The predicted octanol–water partition coefficient (Wildman–Crippen LogP) is 5.57. The maximum absolute atomic E-state index is 4.95. The Labute approximate surface area is 161 Å². The predicted molar refractivity (Wildman–Crippen MR) is 113 cm³/mol. The molecule has 0 N–H and O–H groups in total. The van der Waals surface area contributed by atoms with Crippen LogP contribution >= 0.6 is 22.7 Å². The summed E-state index contributed by atoms with van der Waals surface area (Å²) in [5, 5.41) is 3.32. The molecule has 0 saturated heterocycles. The minimum Gasteiger partial charge on any atom is -0.368 e. The smallest absolute Gasteiger partial charge is 0.197 e. The minimum atomic E-state index is 0.960. The SMILES string of the molecule is CN(C)c1sc(=Nc2ccccc2)n(-c2ccccc2)c1-c1cccs1. The van der Waals surface area contributed by atoms with Crippen molar-refractivity contribution < 1.29 is 0 Å². The number of benzene rings is 2. The highest BCUT2D eigenvalue weighted by atomic mass is 32.1. The second kappa shape index (κ2) is 7.32. The summed E-state index contributed by atoms with van der Waals surface area (Å²) >= 11 is 3.46. The van der Waals surface area contributed by atoms with Crippen molar-refractivity contribution in [3.63, 3.8) is 0 Å². The van der Waals surface area contributed by atoms with Gasteiger partial charge in [-0.2, -0.15) is 0 Å².